The fraction of sp³-hybridized carbons (Fsp3) is 0.400. The quantitative estimate of drug-likeness (QED) is 0.583. The van der Waals surface area contributed by atoms with Gasteiger partial charge in [-0.25, -0.2) is 8.42 Å². The highest BCUT2D eigenvalue weighted by Crippen LogP contribution is 2.30. The van der Waals surface area contributed by atoms with Crippen molar-refractivity contribution in [2.45, 2.75) is 12.7 Å². The molecule has 1 saturated heterocycles. The molecule has 1 aliphatic rings. The molecule has 3 rings (SSSR count). The van der Waals surface area contributed by atoms with Crippen LogP contribution < -0.4 is 4.90 Å². The first-order valence-electron chi connectivity index (χ1n) is 7.74. The van der Waals surface area contributed by atoms with E-state index in [0.717, 1.165) is 5.56 Å². The monoisotopic (exact) mass is 366 g/mol. The summed E-state index contributed by atoms with van der Waals surface area (Å²) < 4.78 is 30.9. The number of hydrogen-bond acceptors (Lipinski definition) is 7. The lowest BCUT2D eigenvalue weighted by Crippen LogP contribution is -2.49. The molecule has 0 unspecified atom stereocenters. The van der Waals surface area contributed by atoms with E-state index in [-0.39, 0.29) is 24.5 Å². The van der Waals surface area contributed by atoms with Crippen LogP contribution in [0.3, 0.4) is 0 Å². The summed E-state index contributed by atoms with van der Waals surface area (Å²) in [5.41, 5.74) is 1.73. The van der Waals surface area contributed by atoms with Gasteiger partial charge in [-0.2, -0.15) is 4.31 Å². The Morgan fingerprint density at radius 3 is 2.56 bits per heavy atom. The highest BCUT2D eigenvalue weighted by atomic mass is 32.2. The van der Waals surface area contributed by atoms with E-state index in [4.69, 9.17) is 0 Å². The molecule has 2 heterocycles. The zero-order chi connectivity index (χ0) is 18.0. The van der Waals surface area contributed by atoms with Crippen molar-refractivity contribution < 1.29 is 17.9 Å². The van der Waals surface area contributed by atoms with Gasteiger partial charge in [-0.3, -0.25) is 10.1 Å². The van der Waals surface area contributed by atoms with Crippen LogP contribution >= 0.6 is 0 Å². The molecule has 10 heteroatoms. The van der Waals surface area contributed by atoms with Gasteiger partial charge in [-0.1, -0.05) is 11.2 Å². The number of sulfonamides is 1. The molecular formula is C15H18N4O5S. The van der Waals surface area contributed by atoms with Gasteiger partial charge in [-0.05, 0) is 18.6 Å². The van der Waals surface area contributed by atoms with Crippen molar-refractivity contribution in [1.82, 2.24) is 9.46 Å². The molecule has 0 saturated carbocycles. The number of nitro groups is 1. The van der Waals surface area contributed by atoms with Gasteiger partial charge in [0.2, 0.25) is 10.0 Å². The molecular weight excluding hydrogens is 348 g/mol. The van der Waals surface area contributed by atoms with Crippen LogP contribution in [0.2, 0.25) is 0 Å². The van der Waals surface area contributed by atoms with E-state index in [2.05, 4.69) is 9.68 Å². The number of piperazine rings is 1. The second-order valence-electron chi connectivity index (χ2n) is 5.88. The number of nitro benzene ring substituents is 1. The minimum Gasteiger partial charge on any atom is -0.364 e. The van der Waals surface area contributed by atoms with Crippen molar-refractivity contribution in [2.24, 2.45) is 0 Å². The zero-order valence-corrected chi connectivity index (χ0v) is 14.5. The number of rotatable bonds is 5. The van der Waals surface area contributed by atoms with E-state index in [1.54, 1.807) is 13.0 Å². The van der Waals surface area contributed by atoms with Crippen molar-refractivity contribution in [1.29, 1.82) is 0 Å². The molecule has 2 aromatic rings. The van der Waals surface area contributed by atoms with Gasteiger partial charge in [0.15, 0.2) is 0 Å². The lowest BCUT2D eigenvalue weighted by Gasteiger charge is -2.35. The van der Waals surface area contributed by atoms with Crippen molar-refractivity contribution in [2.75, 3.05) is 31.1 Å². The molecule has 0 spiro atoms. The summed E-state index contributed by atoms with van der Waals surface area (Å²) in [6.07, 6.45) is 1.33. The van der Waals surface area contributed by atoms with Crippen LogP contribution in [0.5, 0.6) is 0 Å². The maximum Gasteiger partial charge on any atom is 0.292 e. The summed E-state index contributed by atoms with van der Waals surface area (Å²) in [7, 11) is -3.49. The van der Waals surface area contributed by atoms with Gasteiger partial charge in [0.05, 0.1) is 10.6 Å². The van der Waals surface area contributed by atoms with Crippen LogP contribution in [-0.4, -0.2) is 49.0 Å². The molecule has 1 aromatic heterocycles. The first kappa shape index (κ1) is 17.4. The predicted octanol–water partition coefficient (Wildman–Crippen LogP) is 1.54. The average molecular weight is 366 g/mol. The van der Waals surface area contributed by atoms with Crippen molar-refractivity contribution in [3.63, 3.8) is 0 Å². The predicted molar refractivity (Wildman–Crippen MR) is 90.7 cm³/mol. The van der Waals surface area contributed by atoms with Crippen molar-refractivity contribution >= 4 is 21.4 Å². The normalized spacial score (nSPS) is 16.1. The number of hydrogen-bond donors (Lipinski definition) is 0. The number of anilines is 1. The Labute approximate surface area is 145 Å². The van der Waals surface area contributed by atoms with Gasteiger partial charge >= 0.3 is 0 Å². The van der Waals surface area contributed by atoms with Gasteiger partial charge in [0, 0.05) is 38.3 Å². The summed E-state index contributed by atoms with van der Waals surface area (Å²) in [6.45, 7) is 3.12. The molecule has 25 heavy (non-hydrogen) atoms. The maximum atomic E-state index is 12.4. The Morgan fingerprint density at radius 1 is 1.24 bits per heavy atom. The molecule has 0 aliphatic carbocycles. The average Bonchev–Trinajstić information content (AvgIpc) is 3.07. The Balaban J connectivity index is 1.71. The van der Waals surface area contributed by atoms with Crippen molar-refractivity contribution in [3.8, 4) is 0 Å². The summed E-state index contributed by atoms with van der Waals surface area (Å²) in [4.78, 5) is 12.7. The Hall–Kier alpha value is -2.46. The molecule has 1 aliphatic heterocycles. The minimum atomic E-state index is -3.49. The second-order valence-corrected chi connectivity index (χ2v) is 7.85. The highest BCUT2D eigenvalue weighted by Gasteiger charge is 2.30. The fourth-order valence-electron chi connectivity index (χ4n) is 2.84. The highest BCUT2D eigenvalue weighted by molar-refractivity contribution is 7.88. The Morgan fingerprint density at radius 2 is 1.96 bits per heavy atom. The molecule has 134 valence electrons. The molecule has 0 radical (unpaired) electrons. The number of benzene rings is 1. The maximum absolute atomic E-state index is 12.4. The third-order valence-electron chi connectivity index (χ3n) is 4.12. The number of aromatic nitrogens is 1. The molecule has 0 bridgehead atoms. The van der Waals surface area contributed by atoms with Crippen LogP contribution in [0.25, 0.3) is 0 Å². The molecule has 1 aromatic carbocycles. The van der Waals surface area contributed by atoms with E-state index in [1.165, 1.54) is 22.7 Å². The molecule has 0 N–H and O–H groups in total. The summed E-state index contributed by atoms with van der Waals surface area (Å²) in [6, 6.07) is 6.58. The first-order valence-corrected chi connectivity index (χ1v) is 9.35. The van der Waals surface area contributed by atoms with Crippen LogP contribution in [0.1, 0.15) is 11.3 Å². The number of nitrogens with zero attached hydrogens (tertiary/aromatic N) is 4. The van der Waals surface area contributed by atoms with Crippen LogP contribution in [0.15, 0.2) is 35.1 Å². The lowest BCUT2D eigenvalue weighted by atomic mass is 10.1. The summed E-state index contributed by atoms with van der Waals surface area (Å²) in [5.74, 6) is -0.214. The van der Waals surface area contributed by atoms with E-state index >= 15 is 0 Å². The van der Waals surface area contributed by atoms with Gasteiger partial charge in [0.25, 0.3) is 5.69 Å². The van der Waals surface area contributed by atoms with E-state index in [0.29, 0.717) is 24.5 Å². The fourth-order valence-corrected chi connectivity index (χ4v) is 4.27. The van der Waals surface area contributed by atoms with Crippen LogP contribution in [0.4, 0.5) is 11.4 Å². The summed E-state index contributed by atoms with van der Waals surface area (Å²) >= 11 is 0. The Bertz CT molecular complexity index is 858. The van der Waals surface area contributed by atoms with Gasteiger partial charge in [-0.15, -0.1) is 0 Å². The molecule has 0 amide bonds. The van der Waals surface area contributed by atoms with E-state index in [9.17, 15) is 18.5 Å². The zero-order valence-electron chi connectivity index (χ0n) is 13.7. The number of aryl methyl sites for hydroxylation is 1. The molecule has 0 atom stereocenters. The summed E-state index contributed by atoms with van der Waals surface area (Å²) in [5, 5.41) is 14.9. The topological polar surface area (TPSA) is 110 Å². The van der Waals surface area contributed by atoms with E-state index < -0.39 is 14.9 Å². The van der Waals surface area contributed by atoms with Gasteiger partial charge < -0.3 is 9.42 Å². The SMILES string of the molecule is Cc1ccc(N2CCN(S(=O)(=O)Cc3ccon3)CC2)c([N+](=O)[O-])c1. The molecule has 1 fully saturated rings. The largest absolute Gasteiger partial charge is 0.364 e. The smallest absolute Gasteiger partial charge is 0.292 e. The third kappa shape index (κ3) is 3.80. The molecule has 9 nitrogen and oxygen atoms in total. The second kappa shape index (κ2) is 6.81. The van der Waals surface area contributed by atoms with E-state index in [1.807, 2.05) is 11.0 Å². The Kier molecular flexibility index (Phi) is 4.73. The first-order chi connectivity index (χ1) is 11.9. The third-order valence-corrected chi connectivity index (χ3v) is 5.93. The van der Waals surface area contributed by atoms with Crippen LogP contribution in [-0.2, 0) is 15.8 Å². The standard InChI is InChI=1S/C15H18N4O5S/c1-12-2-3-14(15(10-12)19(20)21)17-5-7-18(8-6-17)25(22,23)11-13-4-9-24-16-13/h2-4,9-10H,5-8,11H2,1H3. The van der Waals surface area contributed by atoms with Gasteiger partial charge in [0.1, 0.15) is 17.7 Å². The minimum absolute atomic E-state index is 0.0407. The van der Waals surface area contributed by atoms with Crippen LogP contribution in [0, 0.1) is 17.0 Å². The van der Waals surface area contributed by atoms with Crippen molar-refractivity contribution in [3.05, 3.63) is 51.9 Å². The lowest BCUT2D eigenvalue weighted by molar-refractivity contribution is -0.384.